The zero-order valence-corrected chi connectivity index (χ0v) is 13.8. The molecule has 1 saturated heterocycles. The highest BCUT2D eigenvalue weighted by molar-refractivity contribution is 6.04. The fourth-order valence-corrected chi connectivity index (χ4v) is 2.51. The Balaban J connectivity index is 2.10. The largest absolute Gasteiger partial charge is 0.377 e. The molecule has 2 aromatic heterocycles. The van der Waals surface area contributed by atoms with Crippen LogP contribution in [0.2, 0.25) is 0 Å². The first-order chi connectivity index (χ1) is 11.2. The van der Waals surface area contributed by atoms with Crippen molar-refractivity contribution in [3.05, 3.63) is 24.0 Å². The third-order valence-corrected chi connectivity index (χ3v) is 4.44. The van der Waals surface area contributed by atoms with Crippen LogP contribution in [0.1, 0.15) is 37.6 Å². The number of amides is 2. The maximum absolute atomic E-state index is 14.2. The minimum atomic E-state index is -1.50. The first-order valence-corrected chi connectivity index (χ1v) is 7.75. The predicted molar refractivity (Wildman–Crippen MR) is 89.0 cm³/mol. The summed E-state index contributed by atoms with van der Waals surface area (Å²) in [5.74, 6) is -0.618. The van der Waals surface area contributed by atoms with Gasteiger partial charge in [-0.1, -0.05) is 0 Å². The first kappa shape index (κ1) is 16.2. The molecule has 0 spiro atoms. The van der Waals surface area contributed by atoms with E-state index < -0.39 is 17.6 Å². The minimum Gasteiger partial charge on any atom is -0.377 e. The highest BCUT2D eigenvalue weighted by atomic mass is 19.1. The van der Waals surface area contributed by atoms with Gasteiger partial charge in [0.25, 0.3) is 5.91 Å². The summed E-state index contributed by atoms with van der Waals surface area (Å²) in [6.07, 6.45) is 3.56. The zero-order valence-electron chi connectivity index (χ0n) is 13.8. The molecule has 0 aromatic carbocycles. The monoisotopic (exact) mass is 333 g/mol. The van der Waals surface area contributed by atoms with E-state index in [1.165, 1.54) is 20.0 Å². The van der Waals surface area contributed by atoms with E-state index >= 15 is 0 Å². The summed E-state index contributed by atoms with van der Waals surface area (Å²) in [5, 5.41) is 7.20. The van der Waals surface area contributed by atoms with Gasteiger partial charge in [0.1, 0.15) is 5.67 Å². The number of primary amides is 1. The van der Waals surface area contributed by atoms with Gasteiger partial charge in [-0.25, -0.2) is 8.91 Å². The summed E-state index contributed by atoms with van der Waals surface area (Å²) in [4.78, 5) is 25.0. The highest BCUT2D eigenvalue weighted by Crippen LogP contribution is 2.31. The van der Waals surface area contributed by atoms with Gasteiger partial charge in [-0.05, 0) is 26.8 Å². The quantitative estimate of drug-likeness (QED) is 0.815. The Morgan fingerprint density at radius 1 is 1.50 bits per heavy atom. The Labute approximate surface area is 138 Å². The van der Waals surface area contributed by atoms with Gasteiger partial charge >= 0.3 is 0 Å². The standard InChI is InChI=1S/C16H20FN5O2/c1-9(16(2,3)17)20-14-11(15(18)24)7-19-22-8-10(6-12(14)22)21-5-4-13(21)23/h6-9,20H,4-5H2,1-3H3,(H2,18,24)/t9-/m1/s1. The molecule has 0 saturated carbocycles. The van der Waals surface area contributed by atoms with Crippen LogP contribution in [0.3, 0.4) is 0 Å². The van der Waals surface area contributed by atoms with Crippen molar-refractivity contribution >= 4 is 28.7 Å². The van der Waals surface area contributed by atoms with Crippen LogP contribution < -0.4 is 16.0 Å². The summed E-state index contributed by atoms with van der Waals surface area (Å²) in [6.45, 7) is 5.24. The number of aromatic nitrogens is 2. The molecule has 1 fully saturated rings. The summed E-state index contributed by atoms with van der Waals surface area (Å²) in [7, 11) is 0. The number of alkyl halides is 1. The molecule has 128 valence electrons. The average molecular weight is 333 g/mol. The van der Waals surface area contributed by atoms with E-state index in [1.54, 1.807) is 28.6 Å². The van der Waals surface area contributed by atoms with Crippen LogP contribution in [-0.2, 0) is 4.79 Å². The number of nitrogens with two attached hydrogens (primary N) is 1. The lowest BCUT2D eigenvalue weighted by Crippen LogP contribution is -2.43. The second kappa shape index (κ2) is 5.47. The number of nitrogens with one attached hydrogen (secondary N) is 1. The molecule has 2 aromatic rings. The van der Waals surface area contributed by atoms with Gasteiger partial charge in [0.15, 0.2) is 0 Å². The molecule has 0 bridgehead atoms. The molecule has 8 heteroatoms. The van der Waals surface area contributed by atoms with Crippen LogP contribution in [0.4, 0.5) is 15.8 Å². The van der Waals surface area contributed by atoms with Crippen LogP contribution in [0.25, 0.3) is 5.52 Å². The van der Waals surface area contributed by atoms with Crippen molar-refractivity contribution in [3.63, 3.8) is 0 Å². The molecule has 1 aliphatic heterocycles. The number of anilines is 2. The molecular weight excluding hydrogens is 313 g/mol. The number of carbonyl (C=O) groups excluding carboxylic acids is 2. The van der Waals surface area contributed by atoms with Gasteiger partial charge in [0, 0.05) is 13.0 Å². The number of rotatable bonds is 5. The van der Waals surface area contributed by atoms with Crippen LogP contribution in [0.5, 0.6) is 0 Å². The Hall–Kier alpha value is -2.64. The fourth-order valence-electron chi connectivity index (χ4n) is 2.51. The molecule has 3 rings (SSSR count). The number of fused-ring (bicyclic) bond motifs is 1. The Morgan fingerprint density at radius 3 is 2.71 bits per heavy atom. The lowest BCUT2D eigenvalue weighted by molar-refractivity contribution is -0.122. The van der Waals surface area contributed by atoms with E-state index in [0.29, 0.717) is 29.9 Å². The summed E-state index contributed by atoms with van der Waals surface area (Å²) < 4.78 is 15.7. The van der Waals surface area contributed by atoms with Crippen molar-refractivity contribution in [2.24, 2.45) is 5.73 Å². The Morgan fingerprint density at radius 2 is 2.21 bits per heavy atom. The topological polar surface area (TPSA) is 92.7 Å². The van der Waals surface area contributed by atoms with Crippen molar-refractivity contribution in [3.8, 4) is 0 Å². The van der Waals surface area contributed by atoms with Gasteiger partial charge < -0.3 is 16.0 Å². The molecule has 3 N–H and O–H groups in total. The maximum Gasteiger partial charge on any atom is 0.252 e. The van der Waals surface area contributed by atoms with Crippen LogP contribution in [-0.4, -0.2) is 39.7 Å². The van der Waals surface area contributed by atoms with Crippen molar-refractivity contribution in [1.29, 1.82) is 0 Å². The number of β-lactam (4-membered cyclic amide) rings is 1. The van der Waals surface area contributed by atoms with Gasteiger partial charge in [-0.2, -0.15) is 5.10 Å². The molecule has 24 heavy (non-hydrogen) atoms. The number of nitrogens with zero attached hydrogens (tertiary/aromatic N) is 3. The second-order valence-corrected chi connectivity index (χ2v) is 6.55. The summed E-state index contributed by atoms with van der Waals surface area (Å²) in [5.41, 5.74) is 5.78. The molecule has 3 heterocycles. The molecule has 7 nitrogen and oxygen atoms in total. The van der Waals surface area contributed by atoms with Gasteiger partial charge in [-0.15, -0.1) is 0 Å². The molecule has 1 atom stereocenters. The summed E-state index contributed by atoms with van der Waals surface area (Å²) >= 11 is 0. The van der Waals surface area contributed by atoms with E-state index in [9.17, 15) is 14.0 Å². The number of halogens is 1. The Kier molecular flexibility index (Phi) is 3.70. The normalized spacial score (nSPS) is 16.2. The average Bonchev–Trinajstić information content (AvgIpc) is 2.88. The lowest BCUT2D eigenvalue weighted by atomic mass is 10.0. The van der Waals surface area contributed by atoms with Gasteiger partial charge in [-0.3, -0.25) is 9.59 Å². The van der Waals surface area contributed by atoms with E-state index in [-0.39, 0.29) is 11.5 Å². The number of hydrogen-bond acceptors (Lipinski definition) is 4. The van der Waals surface area contributed by atoms with Crippen molar-refractivity contribution in [2.75, 3.05) is 16.8 Å². The minimum absolute atomic E-state index is 0.0359. The lowest BCUT2D eigenvalue weighted by Gasteiger charge is -2.29. The molecule has 0 unspecified atom stereocenters. The third kappa shape index (κ3) is 2.68. The second-order valence-electron chi connectivity index (χ2n) is 6.55. The molecule has 0 radical (unpaired) electrons. The van der Waals surface area contributed by atoms with Crippen molar-refractivity contribution in [2.45, 2.75) is 38.9 Å². The highest BCUT2D eigenvalue weighted by Gasteiger charge is 2.29. The molecule has 2 amide bonds. The molecule has 1 aliphatic rings. The number of hydrogen-bond donors (Lipinski definition) is 2. The number of carbonyl (C=O) groups is 2. The zero-order chi connectivity index (χ0) is 17.6. The smallest absolute Gasteiger partial charge is 0.252 e. The van der Waals surface area contributed by atoms with Crippen molar-refractivity contribution < 1.29 is 14.0 Å². The predicted octanol–water partition coefficient (Wildman–Crippen LogP) is 1.72. The van der Waals surface area contributed by atoms with Crippen molar-refractivity contribution in [1.82, 2.24) is 9.61 Å². The van der Waals surface area contributed by atoms with E-state index in [1.807, 2.05) is 0 Å². The van der Waals surface area contributed by atoms with Crippen LogP contribution >= 0.6 is 0 Å². The van der Waals surface area contributed by atoms with Crippen LogP contribution in [0.15, 0.2) is 18.5 Å². The van der Waals surface area contributed by atoms with E-state index in [0.717, 1.165) is 0 Å². The maximum atomic E-state index is 14.2. The SMILES string of the molecule is C[C@@H](Nc1c(C(N)=O)cnn2cc(N3CCC3=O)cc12)C(C)(C)F. The fraction of sp³-hybridized carbons (Fsp3) is 0.438. The van der Waals surface area contributed by atoms with Gasteiger partial charge in [0.2, 0.25) is 5.91 Å². The summed E-state index contributed by atoms with van der Waals surface area (Å²) in [6, 6.07) is 1.18. The molecule has 0 aliphatic carbocycles. The van der Waals surface area contributed by atoms with E-state index in [2.05, 4.69) is 10.4 Å². The van der Waals surface area contributed by atoms with E-state index in [4.69, 9.17) is 5.73 Å². The Bertz CT molecular complexity index is 824. The van der Waals surface area contributed by atoms with Crippen LogP contribution in [0, 0.1) is 0 Å². The third-order valence-electron chi connectivity index (χ3n) is 4.44. The first-order valence-electron chi connectivity index (χ1n) is 7.75. The molecular formula is C16H20FN5O2. The van der Waals surface area contributed by atoms with Gasteiger partial charge in [0.05, 0.1) is 40.9 Å².